The molecule has 1 aliphatic rings. The van der Waals surface area contributed by atoms with E-state index in [2.05, 4.69) is 59.9 Å². The molecule has 1 unspecified atom stereocenters. The quantitative estimate of drug-likeness (QED) is 0.656. The number of rotatable bonds is 9. The van der Waals surface area contributed by atoms with Crippen LogP contribution in [0.25, 0.3) is 0 Å². The van der Waals surface area contributed by atoms with Crippen LogP contribution in [0.1, 0.15) is 58.0 Å². The molecule has 2 aromatic heterocycles. The smallest absolute Gasteiger partial charge is 0.140 e. The van der Waals surface area contributed by atoms with Crippen LogP contribution in [0.15, 0.2) is 36.5 Å². The summed E-state index contributed by atoms with van der Waals surface area (Å²) in [5, 5.41) is 12.2. The van der Waals surface area contributed by atoms with Crippen molar-refractivity contribution in [2.75, 3.05) is 38.0 Å². The summed E-state index contributed by atoms with van der Waals surface area (Å²) in [6.07, 6.45) is 4.03. The maximum atomic E-state index is 8.91. The number of nitrogens with one attached hydrogen (secondary N) is 1. The molecule has 0 saturated carbocycles. The molecule has 0 amide bonds. The molecule has 3 rings (SSSR count). The Labute approximate surface area is 180 Å². The predicted molar refractivity (Wildman–Crippen MR) is 122 cm³/mol. The Hall–Kier alpha value is -2.49. The molecule has 6 nitrogen and oxygen atoms in total. The molecular weight excluding hydrogens is 372 g/mol. The van der Waals surface area contributed by atoms with Gasteiger partial charge in [0.15, 0.2) is 0 Å². The third kappa shape index (κ3) is 5.78. The number of nitriles is 1. The fourth-order valence-electron chi connectivity index (χ4n) is 4.39. The fraction of sp³-hybridized carbons (Fsp3) is 0.542. The molecule has 30 heavy (non-hydrogen) atoms. The molecule has 1 aliphatic heterocycles. The van der Waals surface area contributed by atoms with Gasteiger partial charge in [-0.25, -0.2) is 9.97 Å². The summed E-state index contributed by atoms with van der Waals surface area (Å²) in [5.74, 6) is 0.813. The van der Waals surface area contributed by atoms with Crippen molar-refractivity contribution in [3.05, 3.63) is 47.9 Å². The first-order valence-electron chi connectivity index (χ1n) is 11.0. The van der Waals surface area contributed by atoms with E-state index in [1.165, 1.54) is 6.42 Å². The van der Waals surface area contributed by atoms with Gasteiger partial charge >= 0.3 is 0 Å². The van der Waals surface area contributed by atoms with Gasteiger partial charge in [0.2, 0.25) is 0 Å². The lowest BCUT2D eigenvalue weighted by atomic mass is 9.91. The molecule has 2 aromatic rings. The first-order chi connectivity index (χ1) is 14.4. The van der Waals surface area contributed by atoms with Gasteiger partial charge < -0.3 is 10.2 Å². The van der Waals surface area contributed by atoms with E-state index >= 15 is 0 Å². The summed E-state index contributed by atoms with van der Waals surface area (Å²) in [5.41, 5.74) is 2.61. The average Bonchev–Trinajstić information content (AvgIpc) is 3.20. The summed E-state index contributed by atoms with van der Waals surface area (Å²) < 4.78 is 0. The van der Waals surface area contributed by atoms with E-state index in [0.29, 0.717) is 11.7 Å². The van der Waals surface area contributed by atoms with E-state index in [9.17, 15) is 0 Å². The van der Waals surface area contributed by atoms with Crippen LogP contribution in [0.2, 0.25) is 0 Å². The van der Waals surface area contributed by atoms with Crippen molar-refractivity contribution in [2.45, 2.75) is 46.6 Å². The minimum Gasteiger partial charge on any atom is -0.339 e. The fourth-order valence-corrected chi connectivity index (χ4v) is 4.39. The number of anilines is 2. The summed E-state index contributed by atoms with van der Waals surface area (Å²) >= 11 is 0. The normalized spacial score (nSPS) is 17.3. The first-order valence-corrected chi connectivity index (χ1v) is 11.0. The van der Waals surface area contributed by atoms with Gasteiger partial charge in [0.05, 0.1) is 23.6 Å². The van der Waals surface area contributed by atoms with Crippen molar-refractivity contribution >= 4 is 11.5 Å². The highest BCUT2D eigenvalue weighted by Crippen LogP contribution is 2.34. The predicted octanol–water partition coefficient (Wildman–Crippen LogP) is 4.60. The molecule has 6 heteroatoms. The van der Waals surface area contributed by atoms with Crippen molar-refractivity contribution in [2.24, 2.45) is 5.41 Å². The van der Waals surface area contributed by atoms with Crippen molar-refractivity contribution in [3.8, 4) is 6.07 Å². The summed E-state index contributed by atoms with van der Waals surface area (Å²) in [7, 11) is 0. The van der Waals surface area contributed by atoms with Gasteiger partial charge in [0, 0.05) is 13.1 Å². The zero-order valence-electron chi connectivity index (χ0n) is 18.7. The standard InChI is InChI=1S/C24H34N6/c1-5-29(6-2)17-24(3,4)18-30-14-8-10-22(30)21-9-7-11-23(28-21)27-20-13-12-19(15-25)26-16-20/h7,9,11-13,16,22H,5-6,8,10,14,17-18H2,1-4H3,(H,27,28). The maximum absolute atomic E-state index is 8.91. The van der Waals surface area contributed by atoms with Crippen molar-refractivity contribution in [3.63, 3.8) is 0 Å². The van der Waals surface area contributed by atoms with E-state index < -0.39 is 0 Å². The van der Waals surface area contributed by atoms with Gasteiger partial charge in [-0.2, -0.15) is 5.26 Å². The van der Waals surface area contributed by atoms with Gasteiger partial charge in [0.25, 0.3) is 0 Å². The molecule has 0 aromatic carbocycles. The van der Waals surface area contributed by atoms with Crippen LogP contribution in [-0.4, -0.2) is 52.5 Å². The molecule has 0 spiro atoms. The lowest BCUT2D eigenvalue weighted by Gasteiger charge is -2.37. The van der Waals surface area contributed by atoms with E-state index in [1.807, 2.05) is 18.2 Å². The number of hydrogen-bond acceptors (Lipinski definition) is 6. The summed E-state index contributed by atoms with van der Waals surface area (Å²) in [6.45, 7) is 14.8. The van der Waals surface area contributed by atoms with Gasteiger partial charge in [-0.3, -0.25) is 4.90 Å². The van der Waals surface area contributed by atoms with E-state index in [0.717, 1.165) is 56.3 Å². The minimum absolute atomic E-state index is 0.235. The molecule has 0 bridgehead atoms. The van der Waals surface area contributed by atoms with Crippen molar-refractivity contribution in [1.82, 2.24) is 19.8 Å². The SMILES string of the molecule is CCN(CC)CC(C)(C)CN1CCCC1c1cccc(Nc2ccc(C#N)nc2)n1. The molecule has 0 radical (unpaired) electrons. The molecule has 1 N–H and O–H groups in total. The van der Waals surface area contributed by atoms with E-state index in [1.54, 1.807) is 12.3 Å². The van der Waals surface area contributed by atoms with Crippen molar-refractivity contribution in [1.29, 1.82) is 5.26 Å². The Bertz CT molecular complexity index is 851. The lowest BCUT2D eigenvalue weighted by Crippen LogP contribution is -2.42. The van der Waals surface area contributed by atoms with Gasteiger partial charge in [0.1, 0.15) is 17.6 Å². The summed E-state index contributed by atoms with van der Waals surface area (Å²) in [4.78, 5) is 14.2. The monoisotopic (exact) mass is 406 g/mol. The average molecular weight is 407 g/mol. The molecular formula is C24H34N6. The highest BCUT2D eigenvalue weighted by Gasteiger charge is 2.32. The van der Waals surface area contributed by atoms with E-state index in [-0.39, 0.29) is 5.41 Å². The second-order valence-electron chi connectivity index (χ2n) is 8.87. The maximum Gasteiger partial charge on any atom is 0.140 e. The second-order valence-corrected chi connectivity index (χ2v) is 8.87. The van der Waals surface area contributed by atoms with Crippen LogP contribution in [0.3, 0.4) is 0 Å². The number of likely N-dealkylation sites (tertiary alicyclic amines) is 1. The second kappa shape index (κ2) is 10.0. The number of hydrogen-bond donors (Lipinski definition) is 1. The van der Waals surface area contributed by atoms with Crippen molar-refractivity contribution < 1.29 is 0 Å². The first kappa shape index (κ1) is 22.2. The Morgan fingerprint density at radius 1 is 1.23 bits per heavy atom. The molecule has 1 atom stereocenters. The number of aromatic nitrogens is 2. The molecule has 3 heterocycles. The Balaban J connectivity index is 1.69. The van der Waals surface area contributed by atoms with Crippen LogP contribution in [-0.2, 0) is 0 Å². The van der Waals surface area contributed by atoms with Crippen LogP contribution in [0.5, 0.6) is 0 Å². The zero-order valence-corrected chi connectivity index (χ0v) is 18.7. The lowest BCUT2D eigenvalue weighted by molar-refractivity contribution is 0.117. The zero-order chi connectivity index (χ0) is 21.6. The molecule has 1 saturated heterocycles. The minimum atomic E-state index is 0.235. The summed E-state index contributed by atoms with van der Waals surface area (Å²) in [6, 6.07) is 12.2. The Morgan fingerprint density at radius 2 is 2.03 bits per heavy atom. The van der Waals surface area contributed by atoms with Gasteiger partial charge in [-0.05, 0) is 62.2 Å². The van der Waals surface area contributed by atoms with Crippen LogP contribution >= 0.6 is 0 Å². The molecule has 160 valence electrons. The van der Waals surface area contributed by atoms with Gasteiger partial charge in [-0.1, -0.05) is 33.8 Å². The van der Waals surface area contributed by atoms with Crippen LogP contribution in [0, 0.1) is 16.7 Å². The number of pyridine rings is 2. The molecule has 0 aliphatic carbocycles. The Kier molecular flexibility index (Phi) is 7.41. The third-order valence-electron chi connectivity index (χ3n) is 5.80. The molecule has 1 fully saturated rings. The third-order valence-corrected chi connectivity index (χ3v) is 5.80. The highest BCUT2D eigenvalue weighted by molar-refractivity contribution is 5.55. The number of nitrogens with zero attached hydrogens (tertiary/aromatic N) is 5. The van der Waals surface area contributed by atoms with Crippen LogP contribution < -0.4 is 5.32 Å². The largest absolute Gasteiger partial charge is 0.339 e. The van der Waals surface area contributed by atoms with E-state index in [4.69, 9.17) is 10.2 Å². The van der Waals surface area contributed by atoms with Gasteiger partial charge in [-0.15, -0.1) is 0 Å². The Morgan fingerprint density at radius 3 is 2.70 bits per heavy atom. The van der Waals surface area contributed by atoms with Crippen LogP contribution in [0.4, 0.5) is 11.5 Å². The highest BCUT2D eigenvalue weighted by atomic mass is 15.2. The topological polar surface area (TPSA) is 68.1 Å².